The number of fused-ring (bicyclic) bond motifs is 2. The fraction of sp³-hybridized carbons (Fsp3) is 0.208. The average Bonchev–Trinajstić information content (AvgIpc) is 3.34. The van der Waals surface area contributed by atoms with Gasteiger partial charge in [0, 0.05) is 36.1 Å². The van der Waals surface area contributed by atoms with Crippen LogP contribution in [0.1, 0.15) is 27.8 Å². The zero-order valence-corrected chi connectivity index (χ0v) is 15.8. The van der Waals surface area contributed by atoms with Gasteiger partial charge >= 0.3 is 0 Å². The fourth-order valence-corrected chi connectivity index (χ4v) is 4.28. The third-order valence-electron chi connectivity index (χ3n) is 5.62. The normalized spacial score (nSPS) is 14.5. The highest BCUT2D eigenvalue weighted by atomic mass is 16.5. The van der Waals surface area contributed by atoms with Crippen LogP contribution >= 0.6 is 0 Å². The van der Waals surface area contributed by atoms with Gasteiger partial charge in [-0.3, -0.25) is 0 Å². The summed E-state index contributed by atoms with van der Waals surface area (Å²) in [4.78, 5) is 6.93. The molecule has 5 rings (SSSR count). The number of ether oxygens (including phenoxy) is 1. The van der Waals surface area contributed by atoms with Gasteiger partial charge in [0.1, 0.15) is 11.6 Å². The van der Waals surface area contributed by atoms with Crippen molar-refractivity contribution in [2.24, 2.45) is 5.73 Å². The number of hydrogen-bond donors (Lipinski definition) is 1. The second-order valence-corrected chi connectivity index (χ2v) is 7.47. The number of aromatic nitrogens is 1. The first-order chi connectivity index (χ1) is 13.7. The quantitative estimate of drug-likeness (QED) is 0.748. The number of rotatable bonds is 4. The Morgan fingerprint density at radius 2 is 2.00 bits per heavy atom. The molecule has 1 aromatic heterocycles. The van der Waals surface area contributed by atoms with Gasteiger partial charge in [0.05, 0.1) is 6.61 Å². The molecule has 0 atom stereocenters. The van der Waals surface area contributed by atoms with Crippen molar-refractivity contribution in [2.75, 3.05) is 18.1 Å². The summed E-state index contributed by atoms with van der Waals surface area (Å²) >= 11 is 0. The van der Waals surface area contributed by atoms with Crippen molar-refractivity contribution in [2.45, 2.75) is 19.3 Å². The highest BCUT2D eigenvalue weighted by Gasteiger charge is 2.24. The number of benzene rings is 2. The van der Waals surface area contributed by atoms with Crippen molar-refractivity contribution in [3.8, 4) is 5.75 Å². The maximum Gasteiger partial charge on any atom is 0.133 e. The molecule has 3 heterocycles. The molecule has 0 amide bonds. The van der Waals surface area contributed by atoms with Crippen LogP contribution in [0, 0.1) is 0 Å². The van der Waals surface area contributed by atoms with E-state index in [9.17, 15) is 0 Å². The summed E-state index contributed by atoms with van der Waals surface area (Å²) in [6.45, 7) is 5.63. The largest absolute Gasteiger partial charge is 0.493 e. The van der Waals surface area contributed by atoms with Gasteiger partial charge in [-0.15, -0.1) is 0 Å². The van der Waals surface area contributed by atoms with Crippen molar-refractivity contribution in [1.82, 2.24) is 4.98 Å². The van der Waals surface area contributed by atoms with E-state index in [0.717, 1.165) is 49.5 Å². The van der Waals surface area contributed by atoms with Crippen LogP contribution < -0.4 is 15.4 Å². The summed E-state index contributed by atoms with van der Waals surface area (Å²) in [7, 11) is 0. The smallest absolute Gasteiger partial charge is 0.133 e. The van der Waals surface area contributed by atoms with Crippen LogP contribution in [0.4, 0.5) is 11.5 Å². The van der Waals surface area contributed by atoms with Crippen molar-refractivity contribution in [3.63, 3.8) is 0 Å². The molecule has 140 valence electrons. The van der Waals surface area contributed by atoms with Crippen LogP contribution in [-0.2, 0) is 19.3 Å². The Bertz CT molecular complexity index is 1070. The van der Waals surface area contributed by atoms with Crippen molar-refractivity contribution >= 4 is 17.2 Å². The van der Waals surface area contributed by atoms with E-state index >= 15 is 0 Å². The Kier molecular flexibility index (Phi) is 4.05. The lowest BCUT2D eigenvalue weighted by Crippen LogP contribution is -2.15. The molecule has 4 heteroatoms. The van der Waals surface area contributed by atoms with E-state index in [1.807, 2.05) is 18.3 Å². The van der Waals surface area contributed by atoms with Gasteiger partial charge in [0.15, 0.2) is 0 Å². The molecular formula is C24H23N3O. The summed E-state index contributed by atoms with van der Waals surface area (Å²) in [5, 5.41) is 0. The molecule has 0 spiro atoms. The van der Waals surface area contributed by atoms with Gasteiger partial charge < -0.3 is 15.4 Å². The highest BCUT2D eigenvalue weighted by Crippen LogP contribution is 2.37. The monoisotopic (exact) mass is 369 g/mol. The second kappa shape index (κ2) is 6.71. The molecule has 4 nitrogen and oxygen atoms in total. The van der Waals surface area contributed by atoms with Crippen molar-refractivity contribution in [3.05, 3.63) is 89.1 Å². The van der Waals surface area contributed by atoms with Crippen molar-refractivity contribution < 1.29 is 4.74 Å². The van der Waals surface area contributed by atoms with Crippen LogP contribution in [-0.4, -0.2) is 18.1 Å². The molecule has 2 aliphatic heterocycles. The first-order valence-electron chi connectivity index (χ1n) is 9.73. The van der Waals surface area contributed by atoms with Crippen LogP contribution in [0.15, 0.2) is 61.3 Å². The number of anilines is 2. The molecule has 0 fully saturated rings. The zero-order chi connectivity index (χ0) is 19.1. The Morgan fingerprint density at radius 1 is 1.11 bits per heavy atom. The SMILES string of the molecule is C=C(N)c1cccc2c1CCN2c1cc(Cc2ccc3c(c2)CCO3)ccn1. The summed E-state index contributed by atoms with van der Waals surface area (Å²) in [6.07, 6.45) is 4.76. The minimum atomic E-state index is 0.626. The zero-order valence-electron chi connectivity index (χ0n) is 15.8. The third-order valence-corrected chi connectivity index (χ3v) is 5.62. The topological polar surface area (TPSA) is 51.4 Å². The molecule has 0 saturated heterocycles. The van der Waals surface area contributed by atoms with Gasteiger partial charge in [-0.05, 0) is 59.4 Å². The maximum absolute atomic E-state index is 5.98. The van der Waals surface area contributed by atoms with E-state index in [1.165, 1.54) is 27.9 Å². The number of pyridine rings is 1. The minimum absolute atomic E-state index is 0.626. The molecule has 2 aromatic carbocycles. The summed E-state index contributed by atoms with van der Waals surface area (Å²) < 4.78 is 5.62. The maximum atomic E-state index is 5.98. The van der Waals surface area contributed by atoms with E-state index in [4.69, 9.17) is 10.5 Å². The van der Waals surface area contributed by atoms with Gasteiger partial charge in [-0.25, -0.2) is 4.98 Å². The lowest BCUT2D eigenvalue weighted by Gasteiger charge is -2.19. The number of nitrogens with zero attached hydrogens (tertiary/aromatic N) is 2. The van der Waals surface area contributed by atoms with Gasteiger partial charge in [0.2, 0.25) is 0 Å². The highest BCUT2D eigenvalue weighted by molar-refractivity contribution is 5.76. The molecule has 3 aromatic rings. The standard InChI is InChI=1S/C24H23N3O/c1-16(25)20-3-2-4-22-21(20)8-11-27(22)24-15-18(7-10-26-24)13-17-5-6-23-19(14-17)9-12-28-23/h2-7,10,14-15H,1,8-9,11-13,25H2. The predicted octanol–water partition coefficient (Wildman–Crippen LogP) is 4.23. The van der Waals surface area contributed by atoms with E-state index in [0.29, 0.717) is 5.70 Å². The molecule has 28 heavy (non-hydrogen) atoms. The van der Waals surface area contributed by atoms with E-state index in [2.05, 4.69) is 52.9 Å². The molecule has 0 bridgehead atoms. The third kappa shape index (κ3) is 2.91. The average molecular weight is 369 g/mol. The van der Waals surface area contributed by atoms with Crippen LogP contribution in [0.5, 0.6) is 5.75 Å². The summed E-state index contributed by atoms with van der Waals surface area (Å²) in [6, 6.07) is 17.1. The first kappa shape index (κ1) is 16.9. The molecule has 2 N–H and O–H groups in total. The number of hydrogen-bond acceptors (Lipinski definition) is 4. The van der Waals surface area contributed by atoms with Gasteiger partial charge in [0.25, 0.3) is 0 Å². The Morgan fingerprint density at radius 3 is 2.89 bits per heavy atom. The summed E-state index contributed by atoms with van der Waals surface area (Å²) in [5.41, 5.74) is 14.0. The Labute approximate surface area is 165 Å². The van der Waals surface area contributed by atoms with E-state index < -0.39 is 0 Å². The molecular weight excluding hydrogens is 346 g/mol. The van der Waals surface area contributed by atoms with Crippen LogP contribution in [0.3, 0.4) is 0 Å². The molecule has 0 radical (unpaired) electrons. The molecule has 0 unspecified atom stereocenters. The Balaban J connectivity index is 1.43. The van der Waals surface area contributed by atoms with Gasteiger partial charge in [-0.2, -0.15) is 0 Å². The lowest BCUT2D eigenvalue weighted by atomic mass is 10.0. The molecule has 0 aliphatic carbocycles. The second-order valence-electron chi connectivity index (χ2n) is 7.47. The van der Waals surface area contributed by atoms with Crippen molar-refractivity contribution in [1.29, 1.82) is 0 Å². The fourth-order valence-electron chi connectivity index (χ4n) is 4.28. The summed E-state index contributed by atoms with van der Waals surface area (Å²) in [5.74, 6) is 2.02. The lowest BCUT2D eigenvalue weighted by molar-refractivity contribution is 0.357. The van der Waals surface area contributed by atoms with E-state index in [1.54, 1.807) is 0 Å². The first-order valence-corrected chi connectivity index (χ1v) is 9.73. The minimum Gasteiger partial charge on any atom is -0.493 e. The van der Waals surface area contributed by atoms with Crippen LogP contribution in [0.2, 0.25) is 0 Å². The molecule has 2 aliphatic rings. The predicted molar refractivity (Wildman–Crippen MR) is 113 cm³/mol. The van der Waals surface area contributed by atoms with Gasteiger partial charge in [-0.1, -0.05) is 30.8 Å². The number of nitrogens with two attached hydrogens (primary N) is 1. The van der Waals surface area contributed by atoms with E-state index in [-0.39, 0.29) is 0 Å². The Hall–Kier alpha value is -3.27. The van der Waals surface area contributed by atoms with Crippen LogP contribution in [0.25, 0.3) is 5.70 Å². The molecule has 0 saturated carbocycles.